The van der Waals surface area contributed by atoms with E-state index in [9.17, 15) is 4.79 Å². The molecule has 1 aromatic rings. The summed E-state index contributed by atoms with van der Waals surface area (Å²) in [5.41, 5.74) is 1.58. The second-order valence-electron chi connectivity index (χ2n) is 3.04. The maximum Gasteiger partial charge on any atom is 0.177 e. The molecule has 0 bridgehead atoms. The average molecular weight is 224 g/mol. The molecule has 0 spiro atoms. The Labute approximate surface area is 93.2 Å². The molecule has 0 heterocycles. The summed E-state index contributed by atoms with van der Waals surface area (Å²) in [7, 11) is 1.48. The van der Waals surface area contributed by atoms with E-state index < -0.39 is 0 Å². The summed E-state index contributed by atoms with van der Waals surface area (Å²) in [6.07, 6.45) is 0. The van der Waals surface area contributed by atoms with Crippen LogP contribution in [0.1, 0.15) is 21.5 Å². The van der Waals surface area contributed by atoms with Gasteiger partial charge in [0.25, 0.3) is 0 Å². The van der Waals surface area contributed by atoms with Crippen molar-refractivity contribution >= 4 is 17.4 Å². The number of carbonyl (C=O) groups excluding carboxylic acids is 1. The maximum absolute atomic E-state index is 11.4. The van der Waals surface area contributed by atoms with Crippen LogP contribution in [-0.4, -0.2) is 18.8 Å². The molecule has 0 aliphatic rings. The highest BCUT2D eigenvalue weighted by atomic mass is 35.5. The first kappa shape index (κ1) is 11.5. The lowest BCUT2D eigenvalue weighted by Crippen LogP contribution is -2.04. The number of methoxy groups -OCH3 is 1. The zero-order valence-electron chi connectivity index (χ0n) is 8.50. The lowest BCUT2D eigenvalue weighted by molar-refractivity contribution is 0.102. The Balaban J connectivity index is 3.33. The molecule has 0 amide bonds. The molecule has 0 fully saturated rings. The summed E-state index contributed by atoms with van der Waals surface area (Å²) in [4.78, 5) is 11.4. The van der Waals surface area contributed by atoms with Gasteiger partial charge in [-0.05, 0) is 24.6 Å². The first-order valence-electron chi connectivity index (χ1n) is 4.32. The molecule has 15 heavy (non-hydrogen) atoms. The van der Waals surface area contributed by atoms with E-state index in [0.29, 0.717) is 16.9 Å². The number of aryl methyl sites for hydroxylation is 1. The molecule has 0 saturated carbocycles. The number of hydrogen-bond acceptors (Lipinski definition) is 3. The summed E-state index contributed by atoms with van der Waals surface area (Å²) in [5.74, 6) is 0.201. The number of ketones is 1. The van der Waals surface area contributed by atoms with Gasteiger partial charge in [-0.1, -0.05) is 0 Å². The Kier molecular flexibility index (Phi) is 3.70. The SMILES string of the molecule is COc1cc(C)c(C(=O)CCl)cc1C#N. The monoisotopic (exact) mass is 223 g/mol. The molecule has 0 aliphatic heterocycles. The topological polar surface area (TPSA) is 50.1 Å². The van der Waals surface area contributed by atoms with E-state index in [1.54, 1.807) is 13.0 Å². The van der Waals surface area contributed by atoms with Crippen LogP contribution in [0.5, 0.6) is 5.75 Å². The third-order valence-electron chi connectivity index (χ3n) is 2.09. The highest BCUT2D eigenvalue weighted by Gasteiger charge is 2.12. The van der Waals surface area contributed by atoms with Crippen molar-refractivity contribution in [2.75, 3.05) is 13.0 Å². The summed E-state index contributed by atoms with van der Waals surface area (Å²) in [6.45, 7) is 1.78. The molecule has 78 valence electrons. The van der Waals surface area contributed by atoms with Crippen LogP contribution >= 0.6 is 11.6 Å². The fraction of sp³-hybridized carbons (Fsp3) is 0.273. The van der Waals surface area contributed by atoms with E-state index >= 15 is 0 Å². The van der Waals surface area contributed by atoms with Crippen molar-refractivity contribution in [1.82, 2.24) is 0 Å². The van der Waals surface area contributed by atoms with Gasteiger partial charge in [0.1, 0.15) is 11.8 Å². The van der Waals surface area contributed by atoms with Crippen LogP contribution in [0.2, 0.25) is 0 Å². The Morgan fingerprint density at radius 1 is 1.60 bits per heavy atom. The molecule has 0 radical (unpaired) electrons. The van der Waals surface area contributed by atoms with Crippen LogP contribution in [0.25, 0.3) is 0 Å². The maximum atomic E-state index is 11.4. The van der Waals surface area contributed by atoms with Crippen molar-refractivity contribution in [1.29, 1.82) is 5.26 Å². The van der Waals surface area contributed by atoms with Gasteiger partial charge in [0, 0.05) is 5.56 Å². The third-order valence-corrected chi connectivity index (χ3v) is 2.33. The van der Waals surface area contributed by atoms with Crippen LogP contribution in [0, 0.1) is 18.3 Å². The number of nitriles is 1. The van der Waals surface area contributed by atoms with E-state index in [4.69, 9.17) is 21.6 Å². The Morgan fingerprint density at radius 2 is 2.27 bits per heavy atom. The zero-order valence-corrected chi connectivity index (χ0v) is 9.26. The minimum Gasteiger partial charge on any atom is -0.495 e. The van der Waals surface area contributed by atoms with Crippen molar-refractivity contribution in [2.24, 2.45) is 0 Å². The molecule has 0 aromatic heterocycles. The molecule has 1 rings (SSSR count). The van der Waals surface area contributed by atoms with Crippen LogP contribution in [0.15, 0.2) is 12.1 Å². The predicted octanol–water partition coefficient (Wildman–Crippen LogP) is 2.30. The van der Waals surface area contributed by atoms with Crippen molar-refractivity contribution in [2.45, 2.75) is 6.92 Å². The molecular formula is C11H10ClNO2. The van der Waals surface area contributed by atoms with Gasteiger partial charge in [-0.25, -0.2) is 0 Å². The normalized spacial score (nSPS) is 9.47. The molecule has 0 unspecified atom stereocenters. The quantitative estimate of drug-likeness (QED) is 0.584. The van der Waals surface area contributed by atoms with Gasteiger partial charge in [-0.15, -0.1) is 11.6 Å². The number of alkyl halides is 1. The number of halogens is 1. The van der Waals surface area contributed by atoms with Crippen molar-refractivity contribution in [3.63, 3.8) is 0 Å². The van der Waals surface area contributed by atoms with E-state index in [-0.39, 0.29) is 11.7 Å². The van der Waals surface area contributed by atoms with Gasteiger partial charge in [0.2, 0.25) is 0 Å². The first-order valence-corrected chi connectivity index (χ1v) is 4.85. The third kappa shape index (κ3) is 2.28. The van der Waals surface area contributed by atoms with Crippen molar-refractivity contribution in [3.8, 4) is 11.8 Å². The highest BCUT2D eigenvalue weighted by molar-refractivity contribution is 6.30. The van der Waals surface area contributed by atoms with Crippen LogP contribution in [-0.2, 0) is 0 Å². The van der Waals surface area contributed by atoms with Crippen LogP contribution < -0.4 is 4.74 Å². The summed E-state index contributed by atoms with van der Waals surface area (Å²) < 4.78 is 5.02. The first-order chi connectivity index (χ1) is 7.13. The standard InChI is InChI=1S/C11H10ClNO2/c1-7-3-11(15-2)8(6-13)4-9(7)10(14)5-12/h3-4H,5H2,1-2H3. The van der Waals surface area contributed by atoms with Crippen LogP contribution in [0.4, 0.5) is 0 Å². The number of hydrogen-bond donors (Lipinski definition) is 0. The summed E-state index contributed by atoms with van der Waals surface area (Å²) >= 11 is 5.46. The van der Waals surface area contributed by atoms with Gasteiger partial charge < -0.3 is 4.74 Å². The van der Waals surface area contributed by atoms with Crippen molar-refractivity contribution < 1.29 is 9.53 Å². The molecule has 0 N–H and O–H groups in total. The van der Waals surface area contributed by atoms with Gasteiger partial charge >= 0.3 is 0 Å². The molecular weight excluding hydrogens is 214 g/mol. The molecule has 0 atom stereocenters. The van der Waals surface area contributed by atoms with E-state index in [1.807, 2.05) is 6.07 Å². The number of benzene rings is 1. The largest absolute Gasteiger partial charge is 0.495 e. The molecule has 3 nitrogen and oxygen atoms in total. The fourth-order valence-corrected chi connectivity index (χ4v) is 1.45. The zero-order chi connectivity index (χ0) is 11.4. The van der Waals surface area contributed by atoms with E-state index in [1.165, 1.54) is 13.2 Å². The number of carbonyl (C=O) groups is 1. The minimum absolute atomic E-state index is 0.0853. The number of Topliss-reactive ketones (excluding diaryl/α,β-unsaturated/α-hetero) is 1. The van der Waals surface area contributed by atoms with Gasteiger partial charge in [0.05, 0.1) is 18.6 Å². The predicted molar refractivity (Wildman–Crippen MR) is 57.5 cm³/mol. The molecule has 0 saturated heterocycles. The fourth-order valence-electron chi connectivity index (χ4n) is 1.31. The Morgan fingerprint density at radius 3 is 2.73 bits per heavy atom. The number of nitrogens with zero attached hydrogens (tertiary/aromatic N) is 1. The molecule has 0 aliphatic carbocycles. The molecule has 1 aromatic carbocycles. The average Bonchev–Trinajstić information content (AvgIpc) is 2.27. The minimum atomic E-state index is -0.187. The van der Waals surface area contributed by atoms with Gasteiger partial charge in [-0.3, -0.25) is 4.79 Å². The van der Waals surface area contributed by atoms with Crippen LogP contribution in [0.3, 0.4) is 0 Å². The summed E-state index contributed by atoms with van der Waals surface area (Å²) in [5, 5.41) is 8.85. The summed E-state index contributed by atoms with van der Waals surface area (Å²) in [6, 6.07) is 5.15. The van der Waals surface area contributed by atoms with Gasteiger partial charge in [-0.2, -0.15) is 5.26 Å². The lowest BCUT2D eigenvalue weighted by Gasteiger charge is -2.07. The smallest absolute Gasteiger partial charge is 0.177 e. The van der Waals surface area contributed by atoms with Gasteiger partial charge in [0.15, 0.2) is 5.78 Å². The van der Waals surface area contributed by atoms with E-state index in [0.717, 1.165) is 5.56 Å². The number of rotatable bonds is 3. The Hall–Kier alpha value is -1.53. The second-order valence-corrected chi connectivity index (χ2v) is 3.30. The Bertz CT molecular complexity index is 435. The van der Waals surface area contributed by atoms with Crippen molar-refractivity contribution in [3.05, 3.63) is 28.8 Å². The van der Waals surface area contributed by atoms with E-state index in [2.05, 4.69) is 0 Å². The second kappa shape index (κ2) is 4.81. The highest BCUT2D eigenvalue weighted by Crippen LogP contribution is 2.23. The molecule has 4 heteroatoms. The lowest BCUT2D eigenvalue weighted by atomic mass is 10.0. The number of ether oxygens (including phenoxy) is 1.